The van der Waals surface area contributed by atoms with Gasteiger partial charge in [0.1, 0.15) is 13.2 Å². The SMILES string of the molecule is CCCCCC=CCC=CCCCCCCCC(=O)O[C@@H](CO)C(OP(=O)(O)OCC[N+](C)(C)C)C(=O)CCCCCCCCCCCCCCC. The summed E-state index contributed by atoms with van der Waals surface area (Å²) in [7, 11) is 1.10. The maximum atomic E-state index is 13.3. The molecule has 0 aromatic carbocycles. The van der Waals surface area contributed by atoms with Crippen LogP contribution in [-0.4, -0.2) is 79.3 Å². The van der Waals surface area contributed by atoms with Gasteiger partial charge in [0.15, 0.2) is 18.0 Å². The first-order valence-corrected chi connectivity index (χ1v) is 22.5. The molecule has 0 spiro atoms. The monoisotopic (exact) mass is 759 g/mol. The highest BCUT2D eigenvalue weighted by molar-refractivity contribution is 7.47. The molecule has 0 rings (SSSR count). The molecule has 0 aromatic heterocycles. The molecule has 0 aliphatic heterocycles. The van der Waals surface area contributed by atoms with Crippen molar-refractivity contribution in [2.75, 3.05) is 40.9 Å². The number of hydrogen-bond donors (Lipinski definition) is 2. The quantitative estimate of drug-likeness (QED) is 0.0210. The lowest BCUT2D eigenvalue weighted by Crippen LogP contribution is -2.42. The van der Waals surface area contributed by atoms with Gasteiger partial charge in [-0.2, -0.15) is 0 Å². The van der Waals surface area contributed by atoms with Crippen LogP contribution in [0.15, 0.2) is 24.3 Å². The minimum absolute atomic E-state index is 0.0621. The summed E-state index contributed by atoms with van der Waals surface area (Å²) < 4.78 is 29.4. The van der Waals surface area contributed by atoms with Gasteiger partial charge in [-0.15, -0.1) is 0 Å². The number of ketones is 1. The minimum atomic E-state index is -4.67. The average molecular weight is 759 g/mol. The lowest BCUT2D eigenvalue weighted by molar-refractivity contribution is -0.870. The Hall–Kier alpha value is -1.35. The van der Waals surface area contributed by atoms with E-state index in [2.05, 4.69) is 38.2 Å². The van der Waals surface area contributed by atoms with Gasteiger partial charge in [-0.05, 0) is 44.9 Å². The molecule has 0 bridgehead atoms. The summed E-state index contributed by atoms with van der Waals surface area (Å²) in [5.41, 5.74) is 0. The van der Waals surface area contributed by atoms with E-state index < -0.39 is 38.4 Å². The molecule has 0 fully saturated rings. The highest BCUT2D eigenvalue weighted by Crippen LogP contribution is 2.45. The minimum Gasteiger partial charge on any atom is -0.457 e. The van der Waals surface area contributed by atoms with E-state index in [0.29, 0.717) is 23.9 Å². The number of likely N-dealkylation sites (N-methyl/N-ethyl adjacent to an activating group) is 1. The predicted octanol–water partition coefficient (Wildman–Crippen LogP) is 11.0. The summed E-state index contributed by atoms with van der Waals surface area (Å²) in [4.78, 5) is 36.5. The first-order valence-electron chi connectivity index (χ1n) is 21.0. The van der Waals surface area contributed by atoms with Crippen LogP contribution in [0, 0.1) is 0 Å². The lowest BCUT2D eigenvalue weighted by atomic mass is 10.0. The van der Waals surface area contributed by atoms with Gasteiger partial charge in [0.05, 0.1) is 27.7 Å². The smallest absolute Gasteiger partial charge is 0.457 e. The van der Waals surface area contributed by atoms with E-state index in [4.69, 9.17) is 13.8 Å². The normalized spacial score (nSPS) is 14.6. The number of unbranched alkanes of at least 4 members (excludes halogenated alkanes) is 20. The molecule has 2 N–H and O–H groups in total. The van der Waals surface area contributed by atoms with E-state index in [1.54, 1.807) is 0 Å². The van der Waals surface area contributed by atoms with Crippen LogP contribution in [0.25, 0.3) is 0 Å². The summed E-state index contributed by atoms with van der Waals surface area (Å²) >= 11 is 0. The van der Waals surface area contributed by atoms with Crippen molar-refractivity contribution in [2.45, 2.75) is 193 Å². The molecule has 9 nitrogen and oxygen atoms in total. The van der Waals surface area contributed by atoms with E-state index in [0.717, 1.165) is 57.8 Å². The van der Waals surface area contributed by atoms with Gasteiger partial charge >= 0.3 is 13.8 Å². The lowest BCUT2D eigenvalue weighted by Gasteiger charge is -2.27. The molecule has 0 saturated carbocycles. The fraction of sp³-hybridized carbons (Fsp3) is 0.857. The zero-order valence-corrected chi connectivity index (χ0v) is 35.1. The third-order valence-corrected chi connectivity index (χ3v) is 10.2. The highest BCUT2D eigenvalue weighted by Gasteiger charge is 2.38. The second-order valence-electron chi connectivity index (χ2n) is 15.5. The maximum Gasteiger partial charge on any atom is 0.473 e. The number of phosphoric acid groups is 1. The molecule has 0 saturated heterocycles. The Labute approximate surface area is 319 Å². The first kappa shape index (κ1) is 50.6. The van der Waals surface area contributed by atoms with E-state index in [1.165, 1.54) is 83.5 Å². The number of quaternary nitrogens is 1. The van der Waals surface area contributed by atoms with Crippen molar-refractivity contribution < 1.29 is 42.4 Å². The average Bonchev–Trinajstić information content (AvgIpc) is 3.09. The van der Waals surface area contributed by atoms with Crippen molar-refractivity contribution in [3.63, 3.8) is 0 Å². The van der Waals surface area contributed by atoms with Gasteiger partial charge in [0.2, 0.25) is 0 Å². The summed E-state index contributed by atoms with van der Waals surface area (Å²) in [6, 6.07) is 0. The standard InChI is InChI=1S/C42H80NO8P/c1-6-8-10-12-14-16-18-20-21-23-25-27-29-31-33-35-41(46)50-40(38-44)42(51-52(47,48)49-37-36-43(3,4)5)39(45)34-32-30-28-26-24-22-19-17-15-13-11-9-7-2/h14,16,20-21,40,42,44H,6-13,15,17-19,22-38H2,1-5H3/p+1/t40-,42?/m0/s1. The Balaban J connectivity index is 4.69. The predicted molar refractivity (Wildman–Crippen MR) is 215 cm³/mol. The van der Waals surface area contributed by atoms with Crippen LogP contribution in [0.2, 0.25) is 0 Å². The second-order valence-corrected chi connectivity index (χ2v) is 16.9. The number of phosphoric ester groups is 1. The number of aliphatic hydroxyl groups excluding tert-OH is 1. The highest BCUT2D eigenvalue weighted by atomic mass is 31.2. The van der Waals surface area contributed by atoms with E-state index >= 15 is 0 Å². The fourth-order valence-electron chi connectivity index (χ4n) is 5.90. The van der Waals surface area contributed by atoms with Gasteiger partial charge < -0.3 is 19.2 Å². The van der Waals surface area contributed by atoms with Gasteiger partial charge in [-0.3, -0.25) is 18.6 Å². The van der Waals surface area contributed by atoms with Crippen LogP contribution in [-0.2, 0) is 27.9 Å². The van der Waals surface area contributed by atoms with Crippen LogP contribution in [0.3, 0.4) is 0 Å². The first-order chi connectivity index (χ1) is 25.0. The molecule has 306 valence electrons. The van der Waals surface area contributed by atoms with Crippen LogP contribution in [0.4, 0.5) is 0 Å². The number of carbonyl (C=O) groups excluding carboxylic acids is 2. The third kappa shape index (κ3) is 33.2. The topological polar surface area (TPSA) is 119 Å². The molecular formula is C42H81NO8P+. The van der Waals surface area contributed by atoms with Gasteiger partial charge in [0, 0.05) is 12.8 Å². The van der Waals surface area contributed by atoms with E-state index in [1.807, 2.05) is 21.1 Å². The molecule has 0 heterocycles. The summed E-state index contributed by atoms with van der Waals surface area (Å²) in [5.74, 6) is -1.04. The van der Waals surface area contributed by atoms with Gasteiger partial charge in [0.25, 0.3) is 0 Å². The number of ether oxygens (including phenoxy) is 1. The molecular weight excluding hydrogens is 677 g/mol. The van der Waals surface area contributed by atoms with Gasteiger partial charge in [-0.25, -0.2) is 4.57 Å². The number of nitrogens with zero attached hydrogens (tertiary/aromatic N) is 1. The zero-order chi connectivity index (χ0) is 38.8. The molecule has 0 aliphatic carbocycles. The molecule has 0 aliphatic rings. The largest absolute Gasteiger partial charge is 0.473 e. The van der Waals surface area contributed by atoms with Crippen molar-refractivity contribution in [1.82, 2.24) is 0 Å². The number of esters is 1. The Bertz CT molecular complexity index is 964. The molecule has 3 atom stereocenters. The number of allylic oxidation sites excluding steroid dienone is 4. The van der Waals surface area contributed by atoms with Crippen molar-refractivity contribution >= 4 is 19.6 Å². The number of hydrogen-bond acceptors (Lipinski definition) is 7. The Morgan fingerprint density at radius 3 is 1.60 bits per heavy atom. The molecule has 0 aromatic rings. The number of carbonyl (C=O) groups is 2. The zero-order valence-electron chi connectivity index (χ0n) is 34.2. The molecule has 52 heavy (non-hydrogen) atoms. The second kappa shape index (κ2) is 34.2. The van der Waals surface area contributed by atoms with Crippen molar-refractivity contribution in [3.05, 3.63) is 24.3 Å². The number of rotatable bonds is 38. The molecule has 2 unspecified atom stereocenters. The molecule has 0 radical (unpaired) electrons. The molecule has 0 amide bonds. The summed E-state index contributed by atoms with van der Waals surface area (Å²) in [5, 5.41) is 10.1. The summed E-state index contributed by atoms with van der Waals surface area (Å²) in [6.07, 6.45) is 33.1. The fourth-order valence-corrected chi connectivity index (χ4v) is 6.81. The van der Waals surface area contributed by atoms with Crippen LogP contribution >= 0.6 is 7.82 Å². The number of aliphatic hydroxyl groups is 1. The van der Waals surface area contributed by atoms with Crippen molar-refractivity contribution in [2.24, 2.45) is 0 Å². The molecule has 10 heteroatoms. The maximum absolute atomic E-state index is 13.3. The number of Topliss-reactive ketones (excluding diaryl/α,β-unsaturated/α-hetero) is 1. The Morgan fingerprint density at radius 2 is 1.10 bits per heavy atom. The van der Waals surface area contributed by atoms with Crippen LogP contribution < -0.4 is 0 Å². The third-order valence-electron chi connectivity index (χ3n) is 9.24. The Morgan fingerprint density at radius 1 is 0.654 bits per heavy atom. The Kier molecular flexibility index (Phi) is 33.3. The van der Waals surface area contributed by atoms with E-state index in [9.17, 15) is 24.2 Å². The van der Waals surface area contributed by atoms with Crippen molar-refractivity contribution in [3.8, 4) is 0 Å². The van der Waals surface area contributed by atoms with Crippen LogP contribution in [0.1, 0.15) is 181 Å². The van der Waals surface area contributed by atoms with E-state index in [-0.39, 0.29) is 19.4 Å². The summed E-state index contributed by atoms with van der Waals surface area (Å²) in [6.45, 7) is 4.13. The van der Waals surface area contributed by atoms with Crippen LogP contribution in [0.5, 0.6) is 0 Å². The van der Waals surface area contributed by atoms with Gasteiger partial charge in [-0.1, -0.05) is 147 Å². The van der Waals surface area contributed by atoms with Crippen molar-refractivity contribution in [1.29, 1.82) is 0 Å².